The summed E-state index contributed by atoms with van der Waals surface area (Å²) >= 11 is 0. The van der Waals surface area contributed by atoms with Crippen LogP contribution in [0.25, 0.3) is 0 Å². The molecule has 1 amide bonds. The molecule has 0 spiro atoms. The molecule has 0 aromatic carbocycles. The van der Waals surface area contributed by atoms with E-state index in [0.29, 0.717) is 18.9 Å². The summed E-state index contributed by atoms with van der Waals surface area (Å²) in [5.74, 6) is -0.880. The lowest BCUT2D eigenvalue weighted by molar-refractivity contribution is -0.145. The second kappa shape index (κ2) is 5.79. The van der Waals surface area contributed by atoms with Crippen LogP contribution in [0.2, 0.25) is 0 Å². The summed E-state index contributed by atoms with van der Waals surface area (Å²) in [5.41, 5.74) is 0. The van der Waals surface area contributed by atoms with E-state index in [-0.39, 0.29) is 18.5 Å². The highest BCUT2D eigenvalue weighted by molar-refractivity contribution is 5.90. The van der Waals surface area contributed by atoms with Crippen LogP contribution in [0.5, 0.6) is 0 Å². The number of nitrogens with zero attached hydrogens (tertiary/aromatic N) is 3. The normalized spacial score (nSPS) is 20.2. The first kappa shape index (κ1) is 13.5. The molecular weight excluding hydrogens is 252 g/mol. The minimum absolute atomic E-state index is 0.0123. The van der Waals surface area contributed by atoms with Crippen molar-refractivity contribution < 1.29 is 19.1 Å². The van der Waals surface area contributed by atoms with Crippen LogP contribution in [0.15, 0.2) is 4.42 Å². The van der Waals surface area contributed by atoms with Crippen LogP contribution in [-0.4, -0.2) is 51.2 Å². The van der Waals surface area contributed by atoms with Gasteiger partial charge in [-0.1, -0.05) is 11.5 Å². The van der Waals surface area contributed by atoms with Gasteiger partial charge in [0, 0.05) is 6.92 Å². The second-order valence-corrected chi connectivity index (χ2v) is 4.49. The number of piperidine rings is 1. The second-order valence-electron chi connectivity index (χ2n) is 4.49. The molecule has 0 radical (unpaired) electrons. The number of hydrogen-bond donors (Lipinski definition) is 2. The van der Waals surface area contributed by atoms with E-state index in [1.807, 2.05) is 0 Å². The summed E-state index contributed by atoms with van der Waals surface area (Å²) in [6, 6.07) is -0.560. The van der Waals surface area contributed by atoms with Gasteiger partial charge in [-0.3, -0.25) is 19.8 Å². The van der Waals surface area contributed by atoms with Crippen molar-refractivity contribution in [1.82, 2.24) is 15.1 Å². The van der Waals surface area contributed by atoms with E-state index in [1.165, 1.54) is 0 Å². The van der Waals surface area contributed by atoms with Gasteiger partial charge in [-0.15, -0.1) is 5.10 Å². The van der Waals surface area contributed by atoms with Crippen LogP contribution in [0.3, 0.4) is 0 Å². The van der Waals surface area contributed by atoms with E-state index in [4.69, 9.17) is 9.52 Å². The third-order valence-corrected chi connectivity index (χ3v) is 3.02. The van der Waals surface area contributed by atoms with Gasteiger partial charge >= 0.3 is 12.0 Å². The Labute approximate surface area is 109 Å². The fraction of sp³-hybridized carbons (Fsp3) is 0.636. The molecule has 2 N–H and O–H groups in total. The molecule has 1 aromatic rings. The van der Waals surface area contributed by atoms with E-state index in [9.17, 15) is 9.59 Å². The number of amides is 1. The number of rotatable bonds is 4. The molecule has 1 saturated heterocycles. The molecule has 8 nitrogen and oxygen atoms in total. The first-order chi connectivity index (χ1) is 9.06. The molecule has 1 unspecified atom stereocenters. The molecule has 2 rings (SSSR count). The molecule has 1 fully saturated rings. The first-order valence-corrected chi connectivity index (χ1v) is 6.13. The molecule has 1 aliphatic heterocycles. The molecule has 1 aliphatic rings. The van der Waals surface area contributed by atoms with Crippen molar-refractivity contribution in [1.29, 1.82) is 0 Å². The zero-order valence-electron chi connectivity index (χ0n) is 10.6. The number of carbonyl (C=O) groups excluding carboxylic acids is 1. The Bertz CT molecular complexity index is 473. The minimum Gasteiger partial charge on any atom is -0.480 e. The monoisotopic (exact) mass is 268 g/mol. The van der Waals surface area contributed by atoms with Crippen molar-refractivity contribution in [3.8, 4) is 0 Å². The molecule has 19 heavy (non-hydrogen) atoms. The summed E-state index contributed by atoms with van der Waals surface area (Å²) in [7, 11) is 0. The standard InChI is InChI=1S/C11H16N4O4/c1-7-13-14-11(19-7)12-9(16)6-15-5-3-2-4-8(15)10(17)18/h8H,2-6H2,1H3,(H,17,18)(H,12,14,16). The Morgan fingerprint density at radius 3 is 2.89 bits per heavy atom. The summed E-state index contributed by atoms with van der Waals surface area (Å²) in [4.78, 5) is 24.5. The zero-order valence-corrected chi connectivity index (χ0v) is 10.6. The van der Waals surface area contributed by atoms with Crippen molar-refractivity contribution in [2.75, 3.05) is 18.4 Å². The van der Waals surface area contributed by atoms with Crippen LogP contribution >= 0.6 is 0 Å². The van der Waals surface area contributed by atoms with Gasteiger partial charge in [-0.25, -0.2) is 0 Å². The number of carboxylic acid groups (broad SMARTS) is 1. The Morgan fingerprint density at radius 2 is 2.26 bits per heavy atom. The summed E-state index contributed by atoms with van der Waals surface area (Å²) in [6.45, 7) is 2.24. The SMILES string of the molecule is Cc1nnc(NC(=O)CN2CCCCC2C(=O)O)o1. The van der Waals surface area contributed by atoms with Crippen molar-refractivity contribution in [2.45, 2.75) is 32.2 Å². The fourth-order valence-electron chi connectivity index (χ4n) is 2.15. The highest BCUT2D eigenvalue weighted by Crippen LogP contribution is 2.17. The van der Waals surface area contributed by atoms with Crippen LogP contribution < -0.4 is 5.32 Å². The first-order valence-electron chi connectivity index (χ1n) is 6.13. The lowest BCUT2D eigenvalue weighted by Gasteiger charge is -2.31. The van der Waals surface area contributed by atoms with Crippen molar-refractivity contribution in [3.63, 3.8) is 0 Å². The third kappa shape index (κ3) is 3.50. The molecule has 0 bridgehead atoms. The molecule has 0 saturated carbocycles. The number of nitrogens with one attached hydrogen (secondary N) is 1. The Hall–Kier alpha value is -1.96. The molecule has 104 valence electrons. The number of likely N-dealkylation sites (tertiary alicyclic amines) is 1. The van der Waals surface area contributed by atoms with E-state index in [1.54, 1.807) is 11.8 Å². The third-order valence-electron chi connectivity index (χ3n) is 3.02. The van der Waals surface area contributed by atoms with E-state index >= 15 is 0 Å². The predicted octanol–water partition coefficient (Wildman–Crippen LogP) is 0.256. The van der Waals surface area contributed by atoms with Crippen LogP contribution in [0.4, 0.5) is 6.01 Å². The summed E-state index contributed by atoms with van der Waals surface area (Å²) in [5, 5.41) is 18.8. The average molecular weight is 268 g/mol. The number of carbonyl (C=O) groups is 2. The highest BCUT2D eigenvalue weighted by atomic mass is 16.4. The van der Waals surface area contributed by atoms with Gasteiger partial charge in [0.25, 0.3) is 0 Å². The summed E-state index contributed by atoms with van der Waals surface area (Å²) < 4.78 is 5.03. The largest absolute Gasteiger partial charge is 0.480 e. The maximum atomic E-state index is 11.8. The van der Waals surface area contributed by atoms with Gasteiger partial charge < -0.3 is 9.52 Å². The Morgan fingerprint density at radius 1 is 1.47 bits per heavy atom. The van der Waals surface area contributed by atoms with Crippen LogP contribution in [0.1, 0.15) is 25.2 Å². The van der Waals surface area contributed by atoms with Gasteiger partial charge in [-0.2, -0.15) is 0 Å². The quantitative estimate of drug-likeness (QED) is 0.805. The molecule has 2 heterocycles. The van der Waals surface area contributed by atoms with Gasteiger partial charge in [0.15, 0.2) is 0 Å². The van der Waals surface area contributed by atoms with Crippen molar-refractivity contribution >= 4 is 17.9 Å². The lowest BCUT2D eigenvalue weighted by atomic mass is 10.0. The van der Waals surface area contributed by atoms with Crippen molar-refractivity contribution in [2.24, 2.45) is 0 Å². The maximum absolute atomic E-state index is 11.8. The zero-order chi connectivity index (χ0) is 13.8. The maximum Gasteiger partial charge on any atom is 0.322 e. The summed E-state index contributed by atoms with van der Waals surface area (Å²) in [6.07, 6.45) is 2.34. The van der Waals surface area contributed by atoms with Crippen LogP contribution in [0, 0.1) is 6.92 Å². The molecule has 1 atom stereocenters. The highest BCUT2D eigenvalue weighted by Gasteiger charge is 2.29. The van der Waals surface area contributed by atoms with E-state index in [0.717, 1.165) is 12.8 Å². The number of aliphatic carboxylic acids is 1. The lowest BCUT2D eigenvalue weighted by Crippen LogP contribution is -2.47. The number of carboxylic acids is 1. The average Bonchev–Trinajstić information content (AvgIpc) is 2.75. The van der Waals surface area contributed by atoms with Gasteiger partial charge in [0.2, 0.25) is 11.8 Å². The van der Waals surface area contributed by atoms with Gasteiger partial charge in [0.1, 0.15) is 6.04 Å². The molecular formula is C11H16N4O4. The van der Waals surface area contributed by atoms with Gasteiger partial charge in [0.05, 0.1) is 6.54 Å². The van der Waals surface area contributed by atoms with E-state index in [2.05, 4.69) is 15.5 Å². The number of aryl methyl sites for hydroxylation is 1. The Balaban J connectivity index is 1.91. The predicted molar refractivity (Wildman–Crippen MR) is 64.5 cm³/mol. The number of hydrogen-bond acceptors (Lipinski definition) is 6. The molecule has 0 aliphatic carbocycles. The van der Waals surface area contributed by atoms with Crippen LogP contribution in [-0.2, 0) is 9.59 Å². The van der Waals surface area contributed by atoms with Crippen molar-refractivity contribution in [3.05, 3.63) is 5.89 Å². The fourth-order valence-corrected chi connectivity index (χ4v) is 2.15. The Kier molecular flexibility index (Phi) is 4.10. The molecule has 1 aromatic heterocycles. The van der Waals surface area contributed by atoms with E-state index < -0.39 is 12.0 Å². The molecule has 8 heteroatoms. The minimum atomic E-state index is -0.888. The number of aromatic nitrogens is 2. The number of anilines is 1. The topological polar surface area (TPSA) is 109 Å². The van der Waals surface area contributed by atoms with Gasteiger partial charge in [-0.05, 0) is 19.4 Å². The smallest absolute Gasteiger partial charge is 0.322 e.